The highest BCUT2D eigenvalue weighted by atomic mass is 31.2. The molecule has 0 spiro atoms. The maximum absolute atomic E-state index is 10.4. The van der Waals surface area contributed by atoms with E-state index in [0.717, 1.165) is 22.3 Å². The summed E-state index contributed by atoms with van der Waals surface area (Å²) in [6.07, 6.45) is 0. The number of benzene rings is 3. The molecule has 0 radical (unpaired) electrons. The highest BCUT2D eigenvalue weighted by Crippen LogP contribution is 2.56. The van der Waals surface area contributed by atoms with Gasteiger partial charge in [-0.25, -0.2) is 0 Å². The van der Waals surface area contributed by atoms with E-state index in [1.165, 1.54) is 38.9 Å². The lowest BCUT2D eigenvalue weighted by Gasteiger charge is -2.38. The minimum absolute atomic E-state index is 0.103. The van der Waals surface area contributed by atoms with E-state index in [9.17, 15) is 9.79 Å². The average Bonchev–Trinajstić information content (AvgIpc) is 2.76. The molecule has 3 aromatic carbocycles. The molecule has 2 N–H and O–H groups in total. The molecule has 4 heteroatoms. The molecule has 0 amide bonds. The van der Waals surface area contributed by atoms with E-state index in [1.54, 1.807) is 0 Å². The van der Waals surface area contributed by atoms with E-state index in [1.807, 2.05) is 0 Å². The fourth-order valence-corrected chi connectivity index (χ4v) is 6.47. The maximum Gasteiger partial charge on any atom is 0.391 e. The van der Waals surface area contributed by atoms with Crippen LogP contribution in [0.25, 0.3) is 22.3 Å². The highest BCUT2D eigenvalue weighted by molar-refractivity contribution is 7.39. The van der Waals surface area contributed by atoms with E-state index in [2.05, 4.69) is 140 Å². The first kappa shape index (κ1) is 33.3. The molecular weight excluding hydrogens is 523 g/mol. The molecule has 0 aromatic heterocycles. The Labute approximate surface area is 251 Å². The predicted molar refractivity (Wildman–Crippen MR) is 178 cm³/mol. The van der Waals surface area contributed by atoms with Gasteiger partial charge in [-0.1, -0.05) is 131 Å². The van der Waals surface area contributed by atoms with Crippen molar-refractivity contribution >= 4 is 8.60 Å². The second-order valence-electron chi connectivity index (χ2n) is 15.9. The molecule has 0 unspecified atom stereocenters. The van der Waals surface area contributed by atoms with E-state index in [4.69, 9.17) is 4.52 Å². The highest BCUT2D eigenvalue weighted by Gasteiger charge is 2.38. The maximum atomic E-state index is 10.4. The number of rotatable bonds is 4. The molecule has 0 aliphatic carbocycles. The molecule has 0 bridgehead atoms. The van der Waals surface area contributed by atoms with Crippen molar-refractivity contribution in [3.63, 3.8) is 0 Å². The minimum Gasteiger partial charge on any atom is -0.426 e. The molecule has 3 nitrogen and oxygen atoms in total. The van der Waals surface area contributed by atoms with Crippen molar-refractivity contribution in [3.8, 4) is 28.0 Å². The summed E-state index contributed by atoms with van der Waals surface area (Å²) >= 11 is 0. The summed E-state index contributed by atoms with van der Waals surface area (Å²) in [4.78, 5) is 20.8. The van der Waals surface area contributed by atoms with Gasteiger partial charge in [-0.3, -0.25) is 0 Å². The van der Waals surface area contributed by atoms with Crippen LogP contribution in [-0.4, -0.2) is 9.79 Å². The van der Waals surface area contributed by atoms with Crippen LogP contribution in [-0.2, 0) is 21.7 Å². The molecule has 0 saturated carbocycles. The number of hydrogen-bond acceptors (Lipinski definition) is 3. The van der Waals surface area contributed by atoms with Gasteiger partial charge < -0.3 is 14.3 Å². The third kappa shape index (κ3) is 6.90. The van der Waals surface area contributed by atoms with Gasteiger partial charge in [0.1, 0.15) is 5.75 Å². The van der Waals surface area contributed by atoms with Crippen LogP contribution in [0.3, 0.4) is 0 Å². The van der Waals surface area contributed by atoms with Gasteiger partial charge in [-0.2, -0.15) is 0 Å². The zero-order valence-corrected chi connectivity index (χ0v) is 29.1. The normalized spacial score (nSPS) is 13.2. The van der Waals surface area contributed by atoms with Crippen LogP contribution in [0.2, 0.25) is 0 Å². The van der Waals surface area contributed by atoms with E-state index in [0.29, 0.717) is 5.75 Å². The summed E-state index contributed by atoms with van der Waals surface area (Å²) in [5, 5.41) is 0. The molecular formula is C37H53O3P. The van der Waals surface area contributed by atoms with Gasteiger partial charge >= 0.3 is 8.60 Å². The molecule has 0 fully saturated rings. The van der Waals surface area contributed by atoms with Crippen LogP contribution in [0.1, 0.15) is 122 Å². The SMILES string of the molecule is Cc1ccc(-c2c(C)c(-c3ccc(C)cc3C(C)(C)C)c(C(C)(C)C)c(OP(O)O)c2C(C)(C)C)c(C(C)(C)C)c1. The summed E-state index contributed by atoms with van der Waals surface area (Å²) in [6.45, 7) is 33.3. The van der Waals surface area contributed by atoms with Crippen LogP contribution in [0.15, 0.2) is 36.4 Å². The lowest BCUT2D eigenvalue weighted by atomic mass is 9.68. The summed E-state index contributed by atoms with van der Waals surface area (Å²) in [6, 6.07) is 13.5. The number of aryl methyl sites for hydroxylation is 2. The topological polar surface area (TPSA) is 49.7 Å². The van der Waals surface area contributed by atoms with E-state index < -0.39 is 8.60 Å². The lowest BCUT2D eigenvalue weighted by Crippen LogP contribution is -2.24. The lowest BCUT2D eigenvalue weighted by molar-refractivity contribution is 0.364. The third-order valence-electron chi connectivity index (χ3n) is 7.88. The Bertz CT molecular complexity index is 1330. The largest absolute Gasteiger partial charge is 0.426 e. The standard InChI is InChI=1S/C37H53O3P/c1-22-16-18-25(27(20-22)34(4,5)6)29-24(3)30(26-19-17-23(2)21-28(26)35(7,8)9)32(37(13,14)15)33(40-41(38)39)31(29)36(10,11)12/h16-21,38-39H,1-15H3. The number of hydrogen-bond donors (Lipinski definition) is 2. The minimum atomic E-state index is -2.65. The fourth-order valence-electron chi connectivity index (χ4n) is 6.12. The van der Waals surface area contributed by atoms with Crippen molar-refractivity contribution in [2.45, 2.75) is 126 Å². The van der Waals surface area contributed by atoms with Crippen molar-refractivity contribution in [1.82, 2.24) is 0 Å². The Balaban J connectivity index is 2.81. The first-order valence-corrected chi connectivity index (χ1v) is 15.9. The van der Waals surface area contributed by atoms with Gasteiger partial charge in [0.15, 0.2) is 0 Å². The quantitative estimate of drug-likeness (QED) is 0.304. The van der Waals surface area contributed by atoms with Gasteiger partial charge in [0.2, 0.25) is 0 Å². The van der Waals surface area contributed by atoms with Gasteiger partial charge in [-0.05, 0) is 81.4 Å². The van der Waals surface area contributed by atoms with Gasteiger partial charge in [0.05, 0.1) is 0 Å². The van der Waals surface area contributed by atoms with Crippen LogP contribution in [0, 0.1) is 20.8 Å². The van der Waals surface area contributed by atoms with Crippen LogP contribution in [0.4, 0.5) is 0 Å². The monoisotopic (exact) mass is 576 g/mol. The molecule has 224 valence electrons. The van der Waals surface area contributed by atoms with E-state index in [-0.39, 0.29) is 21.7 Å². The van der Waals surface area contributed by atoms with Gasteiger partial charge in [0, 0.05) is 11.1 Å². The van der Waals surface area contributed by atoms with Crippen molar-refractivity contribution in [3.05, 3.63) is 75.3 Å². The first-order valence-electron chi connectivity index (χ1n) is 14.8. The molecule has 0 saturated heterocycles. The Morgan fingerprint density at radius 3 is 1.15 bits per heavy atom. The Morgan fingerprint density at radius 1 is 0.537 bits per heavy atom. The second kappa shape index (κ2) is 11.1. The van der Waals surface area contributed by atoms with Crippen molar-refractivity contribution in [2.24, 2.45) is 0 Å². The molecule has 0 aliphatic heterocycles. The summed E-state index contributed by atoms with van der Waals surface area (Å²) in [7, 11) is -2.65. The third-order valence-corrected chi connectivity index (χ3v) is 8.23. The smallest absolute Gasteiger partial charge is 0.391 e. The molecule has 0 heterocycles. The van der Waals surface area contributed by atoms with Gasteiger partial charge in [0.25, 0.3) is 0 Å². The molecule has 3 rings (SSSR count). The van der Waals surface area contributed by atoms with Crippen LogP contribution < -0.4 is 4.52 Å². The molecule has 3 aromatic rings. The predicted octanol–water partition coefficient (Wildman–Crippen LogP) is 10.7. The molecule has 41 heavy (non-hydrogen) atoms. The first-order chi connectivity index (χ1) is 18.5. The van der Waals surface area contributed by atoms with E-state index >= 15 is 0 Å². The second-order valence-corrected chi connectivity index (χ2v) is 16.6. The fraction of sp³-hybridized carbons (Fsp3) is 0.514. The Hall–Kier alpha value is -2.19. The summed E-state index contributed by atoms with van der Waals surface area (Å²) in [5.41, 5.74) is 11.9. The van der Waals surface area contributed by atoms with Crippen molar-refractivity contribution in [1.29, 1.82) is 0 Å². The zero-order chi connectivity index (χ0) is 31.5. The summed E-state index contributed by atoms with van der Waals surface area (Å²) in [5.74, 6) is 0.595. The van der Waals surface area contributed by atoms with Crippen LogP contribution >= 0.6 is 8.60 Å². The van der Waals surface area contributed by atoms with Crippen molar-refractivity contribution in [2.75, 3.05) is 0 Å². The summed E-state index contributed by atoms with van der Waals surface area (Å²) < 4.78 is 6.18. The van der Waals surface area contributed by atoms with Crippen molar-refractivity contribution < 1.29 is 14.3 Å². The zero-order valence-electron chi connectivity index (χ0n) is 28.2. The molecule has 0 aliphatic rings. The Morgan fingerprint density at radius 2 is 0.878 bits per heavy atom. The van der Waals surface area contributed by atoms with Crippen LogP contribution in [0.5, 0.6) is 5.75 Å². The Kier molecular flexibility index (Phi) is 9.05. The van der Waals surface area contributed by atoms with Gasteiger partial charge in [-0.15, -0.1) is 0 Å². The molecule has 0 atom stereocenters. The average molecular weight is 577 g/mol.